The maximum atomic E-state index is 10.9. The quantitative estimate of drug-likeness (QED) is 0.611. The van der Waals surface area contributed by atoms with Crippen molar-refractivity contribution in [3.05, 3.63) is 62.7 Å². The Morgan fingerprint density at radius 1 is 1.10 bits per heavy atom. The molecule has 0 radical (unpaired) electrons. The largest absolute Gasteiger partial charge is 0.344 e. The summed E-state index contributed by atoms with van der Waals surface area (Å²) in [6, 6.07) is 10.9. The molecule has 4 nitrogen and oxygen atoms in total. The van der Waals surface area contributed by atoms with Crippen molar-refractivity contribution in [1.82, 2.24) is 0 Å². The van der Waals surface area contributed by atoms with Crippen molar-refractivity contribution in [1.29, 1.82) is 0 Å². The summed E-state index contributed by atoms with van der Waals surface area (Å²) in [4.78, 5) is 12.6. The van der Waals surface area contributed by atoms with Gasteiger partial charge in [0.1, 0.15) is 0 Å². The molecule has 2 aromatic carbocycles. The van der Waals surface area contributed by atoms with E-state index < -0.39 is 0 Å². The second kappa shape index (κ2) is 5.51. The predicted molar refractivity (Wildman–Crippen MR) is 82.1 cm³/mol. The number of anilines is 2. The number of nitro benzene ring substituents is 1. The van der Waals surface area contributed by atoms with E-state index in [0.717, 1.165) is 16.9 Å². The molecule has 0 aliphatic rings. The Hall–Kier alpha value is -2.07. The lowest BCUT2D eigenvalue weighted by Gasteiger charge is -2.22. The number of hydrogen-bond acceptors (Lipinski definition) is 3. The van der Waals surface area contributed by atoms with E-state index in [1.165, 1.54) is 0 Å². The lowest BCUT2D eigenvalue weighted by Crippen LogP contribution is -2.11. The first-order chi connectivity index (χ1) is 9.40. The van der Waals surface area contributed by atoms with Crippen molar-refractivity contribution in [2.24, 2.45) is 0 Å². The molecule has 0 N–H and O–H groups in total. The minimum atomic E-state index is -0.353. The van der Waals surface area contributed by atoms with E-state index in [1.54, 1.807) is 13.0 Å². The minimum absolute atomic E-state index is 0.149. The molecule has 0 amide bonds. The van der Waals surface area contributed by atoms with Gasteiger partial charge in [-0.25, -0.2) is 0 Å². The molecule has 2 rings (SSSR count). The van der Waals surface area contributed by atoms with Crippen molar-refractivity contribution in [2.75, 3.05) is 11.9 Å². The maximum absolute atomic E-state index is 10.9. The van der Waals surface area contributed by atoms with Gasteiger partial charge >= 0.3 is 0 Å². The van der Waals surface area contributed by atoms with Crippen LogP contribution in [0.4, 0.5) is 17.1 Å². The zero-order valence-corrected chi connectivity index (χ0v) is 12.3. The average Bonchev–Trinajstić information content (AvgIpc) is 2.40. The summed E-state index contributed by atoms with van der Waals surface area (Å²) in [5.41, 5.74) is 3.58. The summed E-state index contributed by atoms with van der Waals surface area (Å²) < 4.78 is 0. The first-order valence-corrected chi connectivity index (χ1v) is 6.53. The first kappa shape index (κ1) is 14.3. The molecule has 5 heteroatoms. The smallest absolute Gasteiger partial charge is 0.272 e. The van der Waals surface area contributed by atoms with E-state index in [4.69, 9.17) is 11.6 Å². The van der Waals surface area contributed by atoms with Gasteiger partial charge in [-0.1, -0.05) is 11.6 Å². The molecule has 0 bridgehead atoms. The van der Waals surface area contributed by atoms with Crippen LogP contribution in [0.15, 0.2) is 36.4 Å². The molecule has 20 heavy (non-hydrogen) atoms. The minimum Gasteiger partial charge on any atom is -0.344 e. The van der Waals surface area contributed by atoms with Crippen molar-refractivity contribution in [3.63, 3.8) is 0 Å². The molecule has 2 aromatic rings. The maximum Gasteiger partial charge on any atom is 0.272 e. The summed E-state index contributed by atoms with van der Waals surface area (Å²) in [7, 11) is 1.93. The van der Waals surface area contributed by atoms with E-state index in [9.17, 15) is 10.1 Å². The highest BCUT2D eigenvalue weighted by Crippen LogP contribution is 2.32. The Balaban J connectivity index is 2.45. The molecule has 0 saturated heterocycles. The first-order valence-electron chi connectivity index (χ1n) is 6.15. The fraction of sp³-hybridized carbons (Fsp3) is 0.200. The van der Waals surface area contributed by atoms with Crippen molar-refractivity contribution in [3.8, 4) is 0 Å². The van der Waals surface area contributed by atoms with Crippen LogP contribution in [0.1, 0.15) is 11.1 Å². The molecule has 0 spiro atoms. The Kier molecular flexibility index (Phi) is 3.95. The van der Waals surface area contributed by atoms with Crippen molar-refractivity contribution >= 4 is 28.7 Å². The molecule has 0 heterocycles. The van der Waals surface area contributed by atoms with Gasteiger partial charge in [0.05, 0.1) is 4.92 Å². The topological polar surface area (TPSA) is 46.4 Å². The zero-order chi connectivity index (χ0) is 14.9. The van der Waals surface area contributed by atoms with Crippen LogP contribution in [0.5, 0.6) is 0 Å². The van der Waals surface area contributed by atoms with Gasteiger partial charge in [0, 0.05) is 35.1 Å². The van der Waals surface area contributed by atoms with E-state index in [0.29, 0.717) is 10.6 Å². The van der Waals surface area contributed by atoms with Crippen molar-refractivity contribution < 1.29 is 4.92 Å². The van der Waals surface area contributed by atoms with Gasteiger partial charge in [-0.2, -0.15) is 0 Å². The van der Waals surface area contributed by atoms with Gasteiger partial charge in [0.2, 0.25) is 0 Å². The molecule has 0 aromatic heterocycles. The van der Waals surface area contributed by atoms with Gasteiger partial charge in [0.25, 0.3) is 5.69 Å². The molecule has 0 saturated carbocycles. The van der Waals surface area contributed by atoms with E-state index in [-0.39, 0.29) is 10.6 Å². The van der Waals surface area contributed by atoms with Gasteiger partial charge in [0.15, 0.2) is 0 Å². The third-order valence-electron chi connectivity index (χ3n) is 3.29. The highest BCUT2D eigenvalue weighted by Gasteiger charge is 2.15. The molecule has 0 atom stereocenters. The summed E-state index contributed by atoms with van der Waals surface area (Å²) in [6.45, 7) is 3.62. The number of hydrogen-bond donors (Lipinski definition) is 0. The Labute approximate surface area is 122 Å². The van der Waals surface area contributed by atoms with Crippen LogP contribution in [0, 0.1) is 24.0 Å². The predicted octanol–water partition coefficient (Wildman–Crippen LogP) is 4.63. The van der Waals surface area contributed by atoms with Crippen LogP contribution < -0.4 is 4.90 Å². The molecule has 0 unspecified atom stereocenters. The zero-order valence-electron chi connectivity index (χ0n) is 11.6. The molecular weight excluding hydrogens is 276 g/mol. The normalized spacial score (nSPS) is 10.4. The second-order valence-corrected chi connectivity index (χ2v) is 5.15. The number of nitrogens with zero attached hydrogens (tertiary/aromatic N) is 2. The third-order valence-corrected chi connectivity index (χ3v) is 3.54. The Bertz CT molecular complexity index is 654. The summed E-state index contributed by atoms with van der Waals surface area (Å²) in [6.07, 6.45) is 0. The number of nitro groups is 1. The van der Waals surface area contributed by atoms with E-state index >= 15 is 0 Å². The van der Waals surface area contributed by atoms with Gasteiger partial charge in [-0.15, -0.1) is 0 Å². The molecule has 0 aliphatic heterocycles. The number of aryl methyl sites for hydroxylation is 2. The van der Waals surface area contributed by atoms with Crippen LogP contribution in [0.2, 0.25) is 5.02 Å². The van der Waals surface area contributed by atoms with E-state index in [1.807, 2.05) is 49.2 Å². The van der Waals surface area contributed by atoms with Crippen molar-refractivity contribution in [2.45, 2.75) is 13.8 Å². The second-order valence-electron chi connectivity index (χ2n) is 4.72. The van der Waals surface area contributed by atoms with Crippen LogP contribution in [0.3, 0.4) is 0 Å². The SMILES string of the molecule is Cc1cc([N+](=O)[O-])c(C)cc1N(C)c1ccc(Cl)cc1. The molecular formula is C15H15ClN2O2. The molecule has 104 valence electrons. The van der Waals surface area contributed by atoms with Crippen LogP contribution in [-0.2, 0) is 0 Å². The fourth-order valence-electron chi connectivity index (χ4n) is 2.15. The van der Waals surface area contributed by atoms with Gasteiger partial charge < -0.3 is 4.90 Å². The molecule has 0 aliphatic carbocycles. The lowest BCUT2D eigenvalue weighted by atomic mass is 10.1. The average molecular weight is 291 g/mol. The lowest BCUT2D eigenvalue weighted by molar-refractivity contribution is -0.385. The standard InChI is InChI=1S/C15H15ClN2O2/c1-10-9-15(18(19)20)11(2)8-14(10)17(3)13-6-4-12(16)5-7-13/h4-9H,1-3H3. The molecule has 0 fully saturated rings. The summed E-state index contributed by atoms with van der Waals surface area (Å²) in [5, 5.41) is 11.6. The number of rotatable bonds is 3. The number of halogens is 1. The van der Waals surface area contributed by atoms with E-state index in [2.05, 4.69) is 0 Å². The van der Waals surface area contributed by atoms with Gasteiger partial charge in [-0.3, -0.25) is 10.1 Å². The van der Waals surface area contributed by atoms with Gasteiger partial charge in [-0.05, 0) is 49.7 Å². The Morgan fingerprint density at radius 3 is 2.25 bits per heavy atom. The highest BCUT2D eigenvalue weighted by atomic mass is 35.5. The highest BCUT2D eigenvalue weighted by molar-refractivity contribution is 6.30. The monoisotopic (exact) mass is 290 g/mol. The van der Waals surface area contributed by atoms with Crippen LogP contribution >= 0.6 is 11.6 Å². The number of benzene rings is 2. The summed E-state index contributed by atoms with van der Waals surface area (Å²) >= 11 is 5.88. The third kappa shape index (κ3) is 2.75. The van der Waals surface area contributed by atoms with Crippen LogP contribution in [0.25, 0.3) is 0 Å². The fourth-order valence-corrected chi connectivity index (χ4v) is 2.27. The Morgan fingerprint density at radius 2 is 1.70 bits per heavy atom. The summed E-state index contributed by atoms with van der Waals surface area (Å²) in [5.74, 6) is 0. The van der Waals surface area contributed by atoms with Crippen LogP contribution in [-0.4, -0.2) is 12.0 Å².